The van der Waals surface area contributed by atoms with E-state index in [1.807, 2.05) is 13.8 Å². The molecule has 2 aromatic rings. The van der Waals surface area contributed by atoms with Crippen LogP contribution in [0.15, 0.2) is 46.9 Å². The predicted molar refractivity (Wildman–Crippen MR) is 79.7 cm³/mol. The predicted octanol–water partition coefficient (Wildman–Crippen LogP) is 4.61. The van der Waals surface area contributed by atoms with Gasteiger partial charge < -0.3 is 4.74 Å². The van der Waals surface area contributed by atoms with Gasteiger partial charge in [-0.3, -0.25) is 4.79 Å². The maximum Gasteiger partial charge on any atom is 0.195 e. The summed E-state index contributed by atoms with van der Waals surface area (Å²) in [4.78, 5) is 12.2. The van der Waals surface area contributed by atoms with Crippen LogP contribution in [0.2, 0.25) is 0 Å². The van der Waals surface area contributed by atoms with E-state index in [0.29, 0.717) is 15.8 Å². The van der Waals surface area contributed by atoms with Crippen molar-refractivity contribution in [1.29, 1.82) is 0 Å². The third-order valence-corrected chi connectivity index (χ3v) is 3.16. The van der Waals surface area contributed by atoms with Gasteiger partial charge >= 0.3 is 0 Å². The average Bonchev–Trinajstić information content (AvgIpc) is 2.38. The summed E-state index contributed by atoms with van der Waals surface area (Å²) in [7, 11) is 0. The Morgan fingerprint density at radius 3 is 2.35 bits per heavy atom. The third-order valence-electron chi connectivity index (χ3n) is 2.66. The minimum Gasteiger partial charge on any atom is -0.491 e. The van der Waals surface area contributed by atoms with Gasteiger partial charge in [-0.05, 0) is 56.3 Å². The molecule has 0 spiro atoms. The Hall–Kier alpha value is -1.68. The Morgan fingerprint density at radius 2 is 1.80 bits per heavy atom. The fourth-order valence-corrected chi connectivity index (χ4v) is 2.12. The van der Waals surface area contributed by atoms with Crippen molar-refractivity contribution in [2.45, 2.75) is 20.0 Å². The number of carbonyl (C=O) groups is 1. The summed E-state index contributed by atoms with van der Waals surface area (Å²) in [5.74, 6) is -0.189. The topological polar surface area (TPSA) is 26.3 Å². The summed E-state index contributed by atoms with van der Waals surface area (Å²) in [6, 6.07) is 11.1. The van der Waals surface area contributed by atoms with E-state index in [9.17, 15) is 9.18 Å². The highest BCUT2D eigenvalue weighted by molar-refractivity contribution is 9.10. The molecule has 0 unspecified atom stereocenters. The number of hydrogen-bond donors (Lipinski definition) is 0. The zero-order chi connectivity index (χ0) is 14.7. The van der Waals surface area contributed by atoms with Crippen LogP contribution >= 0.6 is 15.9 Å². The molecule has 0 atom stereocenters. The van der Waals surface area contributed by atoms with Crippen LogP contribution in [0.25, 0.3) is 0 Å². The van der Waals surface area contributed by atoms with Gasteiger partial charge in [-0.1, -0.05) is 15.9 Å². The molecule has 0 radical (unpaired) electrons. The first-order chi connectivity index (χ1) is 9.47. The lowest BCUT2D eigenvalue weighted by Crippen LogP contribution is -2.07. The number of rotatable bonds is 4. The van der Waals surface area contributed by atoms with Crippen molar-refractivity contribution in [3.63, 3.8) is 0 Å². The molecule has 0 heterocycles. The molecule has 0 fully saturated rings. The van der Waals surface area contributed by atoms with E-state index < -0.39 is 5.82 Å². The van der Waals surface area contributed by atoms with Gasteiger partial charge in [-0.25, -0.2) is 4.39 Å². The van der Waals surface area contributed by atoms with E-state index in [1.54, 1.807) is 30.3 Å². The molecule has 2 aromatic carbocycles. The Kier molecular flexibility index (Phi) is 4.55. The molecule has 20 heavy (non-hydrogen) atoms. The summed E-state index contributed by atoms with van der Waals surface area (Å²) < 4.78 is 19.9. The first-order valence-electron chi connectivity index (χ1n) is 6.24. The molecular weight excluding hydrogens is 323 g/mol. The average molecular weight is 337 g/mol. The van der Waals surface area contributed by atoms with Gasteiger partial charge in [0.2, 0.25) is 0 Å². The van der Waals surface area contributed by atoms with Crippen molar-refractivity contribution in [1.82, 2.24) is 0 Å². The standard InChI is InChI=1S/C16H14BrFO2/c1-10(2)20-13-6-3-11(4-7-13)16(19)14-8-5-12(17)9-15(14)18/h3-10H,1-2H3. The molecule has 0 amide bonds. The third kappa shape index (κ3) is 3.45. The molecule has 0 saturated heterocycles. The molecule has 0 aromatic heterocycles. The van der Waals surface area contributed by atoms with Crippen LogP contribution in [-0.2, 0) is 0 Å². The van der Waals surface area contributed by atoms with E-state index >= 15 is 0 Å². The Labute approximate surface area is 125 Å². The molecule has 0 aliphatic carbocycles. The van der Waals surface area contributed by atoms with Crippen molar-refractivity contribution in [3.8, 4) is 5.75 Å². The Bertz CT molecular complexity index is 621. The van der Waals surface area contributed by atoms with Crippen LogP contribution in [0, 0.1) is 5.82 Å². The number of ketones is 1. The molecule has 0 aliphatic rings. The van der Waals surface area contributed by atoms with Crippen LogP contribution in [-0.4, -0.2) is 11.9 Å². The second-order valence-corrected chi connectivity index (χ2v) is 5.56. The van der Waals surface area contributed by atoms with Crippen molar-refractivity contribution in [3.05, 3.63) is 63.9 Å². The summed E-state index contributed by atoms with van der Waals surface area (Å²) >= 11 is 3.17. The van der Waals surface area contributed by atoms with Crippen molar-refractivity contribution < 1.29 is 13.9 Å². The first kappa shape index (κ1) is 14.7. The van der Waals surface area contributed by atoms with Crippen LogP contribution in [0.5, 0.6) is 5.75 Å². The van der Waals surface area contributed by atoms with Gasteiger partial charge in [0.15, 0.2) is 5.78 Å². The van der Waals surface area contributed by atoms with Crippen molar-refractivity contribution in [2.24, 2.45) is 0 Å². The largest absolute Gasteiger partial charge is 0.491 e. The second kappa shape index (κ2) is 6.18. The molecule has 0 N–H and O–H groups in total. The van der Waals surface area contributed by atoms with Gasteiger partial charge in [0.05, 0.1) is 11.7 Å². The van der Waals surface area contributed by atoms with Gasteiger partial charge in [0.1, 0.15) is 11.6 Å². The SMILES string of the molecule is CC(C)Oc1ccc(C(=O)c2ccc(Br)cc2F)cc1. The second-order valence-electron chi connectivity index (χ2n) is 4.64. The van der Waals surface area contributed by atoms with E-state index in [0.717, 1.165) is 0 Å². The maximum absolute atomic E-state index is 13.8. The molecule has 104 valence electrons. The van der Waals surface area contributed by atoms with Crippen LogP contribution in [0.4, 0.5) is 4.39 Å². The highest BCUT2D eigenvalue weighted by Gasteiger charge is 2.14. The van der Waals surface area contributed by atoms with Gasteiger partial charge in [-0.2, -0.15) is 0 Å². The maximum atomic E-state index is 13.8. The summed E-state index contributed by atoms with van der Waals surface area (Å²) in [6.07, 6.45) is 0.0699. The molecule has 0 bridgehead atoms. The van der Waals surface area contributed by atoms with Gasteiger partial charge in [0, 0.05) is 10.0 Å². The lowest BCUT2D eigenvalue weighted by atomic mass is 10.0. The summed E-state index contributed by atoms with van der Waals surface area (Å²) in [5.41, 5.74) is 0.494. The van der Waals surface area contributed by atoms with Gasteiger partial charge in [-0.15, -0.1) is 0 Å². The Balaban J connectivity index is 2.25. The summed E-state index contributed by atoms with van der Waals surface area (Å²) in [5, 5.41) is 0. The van der Waals surface area contributed by atoms with E-state index in [2.05, 4.69) is 15.9 Å². The number of benzene rings is 2. The van der Waals surface area contributed by atoms with E-state index in [1.165, 1.54) is 12.1 Å². The molecule has 0 saturated carbocycles. The monoisotopic (exact) mass is 336 g/mol. The van der Waals surface area contributed by atoms with Crippen LogP contribution in [0.1, 0.15) is 29.8 Å². The van der Waals surface area contributed by atoms with Crippen LogP contribution in [0.3, 0.4) is 0 Å². The molecular formula is C16H14BrFO2. The number of ether oxygens (including phenoxy) is 1. The highest BCUT2D eigenvalue weighted by atomic mass is 79.9. The zero-order valence-electron chi connectivity index (χ0n) is 11.2. The lowest BCUT2D eigenvalue weighted by molar-refractivity contribution is 0.103. The Morgan fingerprint density at radius 1 is 1.15 bits per heavy atom. The first-order valence-corrected chi connectivity index (χ1v) is 7.03. The number of hydrogen-bond acceptors (Lipinski definition) is 2. The minimum atomic E-state index is -0.535. The molecule has 2 nitrogen and oxygen atoms in total. The fourth-order valence-electron chi connectivity index (χ4n) is 1.79. The fraction of sp³-hybridized carbons (Fsp3) is 0.188. The van der Waals surface area contributed by atoms with E-state index in [4.69, 9.17) is 4.74 Å². The normalized spacial score (nSPS) is 10.7. The molecule has 4 heteroatoms. The van der Waals surface area contributed by atoms with Crippen LogP contribution < -0.4 is 4.74 Å². The number of carbonyl (C=O) groups excluding carboxylic acids is 1. The lowest BCUT2D eigenvalue weighted by Gasteiger charge is -2.10. The van der Waals surface area contributed by atoms with Crippen molar-refractivity contribution >= 4 is 21.7 Å². The minimum absolute atomic E-state index is 0.0609. The smallest absolute Gasteiger partial charge is 0.195 e. The molecule has 0 aliphatic heterocycles. The summed E-state index contributed by atoms with van der Waals surface area (Å²) in [6.45, 7) is 3.85. The zero-order valence-corrected chi connectivity index (χ0v) is 12.8. The van der Waals surface area contributed by atoms with Crippen molar-refractivity contribution in [2.75, 3.05) is 0 Å². The highest BCUT2D eigenvalue weighted by Crippen LogP contribution is 2.20. The quantitative estimate of drug-likeness (QED) is 0.762. The molecule has 2 rings (SSSR count). The van der Waals surface area contributed by atoms with E-state index in [-0.39, 0.29) is 17.5 Å². The number of halogens is 2. The van der Waals surface area contributed by atoms with Gasteiger partial charge in [0.25, 0.3) is 0 Å².